The van der Waals surface area contributed by atoms with Crippen LogP contribution in [-0.4, -0.2) is 19.6 Å². The van der Waals surface area contributed by atoms with Gasteiger partial charge in [0.2, 0.25) is 0 Å². The van der Waals surface area contributed by atoms with E-state index in [4.69, 9.17) is 9.47 Å². The Balaban J connectivity index is 1.79. The Morgan fingerprint density at radius 3 is 2.67 bits per heavy atom. The molecular formula is C16H16INO3. The van der Waals surface area contributed by atoms with Gasteiger partial charge < -0.3 is 14.8 Å². The standard InChI is InChI=1S/C16H16INO3/c1-20-14-6-2-4-12(8-14)10-18-16(19)11-21-15-7-3-5-13(17)9-15/h2-9H,10-11H2,1H3,(H,18,19). The summed E-state index contributed by atoms with van der Waals surface area (Å²) in [6.07, 6.45) is 0. The zero-order valence-corrected chi connectivity index (χ0v) is 13.8. The number of rotatable bonds is 6. The van der Waals surface area contributed by atoms with Crippen molar-refractivity contribution in [1.82, 2.24) is 5.32 Å². The van der Waals surface area contributed by atoms with E-state index >= 15 is 0 Å². The average Bonchev–Trinajstić information content (AvgIpc) is 2.51. The number of hydrogen-bond acceptors (Lipinski definition) is 3. The van der Waals surface area contributed by atoms with Crippen LogP contribution in [0.2, 0.25) is 0 Å². The second-order valence-corrected chi connectivity index (χ2v) is 5.62. The monoisotopic (exact) mass is 397 g/mol. The predicted molar refractivity (Wildman–Crippen MR) is 89.5 cm³/mol. The molecule has 0 saturated carbocycles. The molecule has 0 fully saturated rings. The zero-order valence-electron chi connectivity index (χ0n) is 11.6. The van der Waals surface area contributed by atoms with Gasteiger partial charge in [-0.05, 0) is 58.5 Å². The fraction of sp³-hybridized carbons (Fsp3) is 0.188. The van der Waals surface area contributed by atoms with Crippen molar-refractivity contribution in [3.05, 3.63) is 57.7 Å². The summed E-state index contributed by atoms with van der Waals surface area (Å²) in [5.41, 5.74) is 0.983. The lowest BCUT2D eigenvalue weighted by atomic mass is 10.2. The molecular weight excluding hydrogens is 381 g/mol. The number of carbonyl (C=O) groups is 1. The van der Waals surface area contributed by atoms with Gasteiger partial charge in [-0.25, -0.2) is 0 Å². The Kier molecular flexibility index (Phi) is 5.86. The Bertz CT molecular complexity index is 616. The van der Waals surface area contributed by atoms with Crippen molar-refractivity contribution in [2.75, 3.05) is 13.7 Å². The van der Waals surface area contributed by atoms with Crippen molar-refractivity contribution in [1.29, 1.82) is 0 Å². The summed E-state index contributed by atoms with van der Waals surface area (Å²) >= 11 is 2.20. The molecule has 0 aliphatic heterocycles. The van der Waals surface area contributed by atoms with E-state index in [-0.39, 0.29) is 12.5 Å². The number of hydrogen-bond donors (Lipinski definition) is 1. The molecule has 1 amide bonds. The molecule has 2 aromatic rings. The second-order valence-electron chi connectivity index (χ2n) is 4.37. The predicted octanol–water partition coefficient (Wildman–Crippen LogP) is 3.00. The highest BCUT2D eigenvalue weighted by Crippen LogP contribution is 2.14. The zero-order chi connectivity index (χ0) is 15.1. The fourth-order valence-corrected chi connectivity index (χ4v) is 2.25. The molecule has 0 aliphatic rings. The normalized spacial score (nSPS) is 10.0. The molecule has 0 aromatic heterocycles. The summed E-state index contributed by atoms with van der Waals surface area (Å²) in [5.74, 6) is 1.31. The molecule has 0 radical (unpaired) electrons. The van der Waals surface area contributed by atoms with E-state index in [0.717, 1.165) is 14.9 Å². The van der Waals surface area contributed by atoms with Crippen molar-refractivity contribution >= 4 is 28.5 Å². The van der Waals surface area contributed by atoms with Crippen LogP contribution in [0, 0.1) is 3.57 Å². The van der Waals surface area contributed by atoms with E-state index in [1.54, 1.807) is 7.11 Å². The van der Waals surface area contributed by atoms with E-state index in [2.05, 4.69) is 27.9 Å². The van der Waals surface area contributed by atoms with Gasteiger partial charge in [-0.15, -0.1) is 0 Å². The van der Waals surface area contributed by atoms with Crippen LogP contribution < -0.4 is 14.8 Å². The minimum atomic E-state index is -0.156. The number of nitrogens with one attached hydrogen (secondary N) is 1. The smallest absolute Gasteiger partial charge is 0.258 e. The van der Waals surface area contributed by atoms with E-state index in [1.807, 2.05) is 48.5 Å². The first-order valence-corrected chi connectivity index (χ1v) is 7.53. The maximum Gasteiger partial charge on any atom is 0.258 e. The first-order chi connectivity index (χ1) is 10.2. The van der Waals surface area contributed by atoms with Crippen LogP contribution in [-0.2, 0) is 11.3 Å². The van der Waals surface area contributed by atoms with Crippen LogP contribution in [0.1, 0.15) is 5.56 Å². The number of methoxy groups -OCH3 is 1. The van der Waals surface area contributed by atoms with Crippen molar-refractivity contribution in [3.8, 4) is 11.5 Å². The number of amides is 1. The van der Waals surface area contributed by atoms with Gasteiger partial charge >= 0.3 is 0 Å². The highest BCUT2D eigenvalue weighted by atomic mass is 127. The highest BCUT2D eigenvalue weighted by molar-refractivity contribution is 14.1. The minimum absolute atomic E-state index is 0.00403. The van der Waals surface area contributed by atoms with Gasteiger partial charge in [0.1, 0.15) is 11.5 Å². The molecule has 2 aromatic carbocycles. The molecule has 0 heterocycles. The van der Waals surface area contributed by atoms with E-state index in [0.29, 0.717) is 12.3 Å². The number of halogens is 1. The molecule has 0 spiro atoms. The van der Waals surface area contributed by atoms with Crippen LogP contribution in [0.3, 0.4) is 0 Å². The second kappa shape index (κ2) is 7.87. The van der Waals surface area contributed by atoms with E-state index in [1.165, 1.54) is 0 Å². The summed E-state index contributed by atoms with van der Waals surface area (Å²) in [7, 11) is 1.62. The van der Waals surface area contributed by atoms with Crippen LogP contribution in [0.5, 0.6) is 11.5 Å². The van der Waals surface area contributed by atoms with Gasteiger partial charge in [-0.3, -0.25) is 4.79 Å². The molecule has 0 unspecified atom stereocenters. The van der Waals surface area contributed by atoms with Crippen LogP contribution in [0.4, 0.5) is 0 Å². The molecule has 21 heavy (non-hydrogen) atoms. The maximum atomic E-state index is 11.8. The molecule has 110 valence electrons. The Hall–Kier alpha value is -1.76. The third-order valence-corrected chi connectivity index (χ3v) is 3.46. The van der Waals surface area contributed by atoms with Crippen molar-refractivity contribution in [2.24, 2.45) is 0 Å². The van der Waals surface area contributed by atoms with Gasteiger partial charge in [-0.1, -0.05) is 18.2 Å². The third kappa shape index (κ3) is 5.26. The van der Waals surface area contributed by atoms with Crippen molar-refractivity contribution < 1.29 is 14.3 Å². The number of carbonyl (C=O) groups excluding carboxylic acids is 1. The summed E-state index contributed by atoms with van der Waals surface area (Å²) in [5, 5.41) is 2.81. The van der Waals surface area contributed by atoms with Crippen molar-refractivity contribution in [2.45, 2.75) is 6.54 Å². The topological polar surface area (TPSA) is 47.6 Å². The Labute approximate surface area is 137 Å². The van der Waals surface area contributed by atoms with Gasteiger partial charge in [0.15, 0.2) is 6.61 Å². The molecule has 5 heteroatoms. The van der Waals surface area contributed by atoms with Gasteiger partial charge in [-0.2, -0.15) is 0 Å². The summed E-state index contributed by atoms with van der Waals surface area (Å²) in [6, 6.07) is 15.2. The van der Waals surface area contributed by atoms with Gasteiger partial charge in [0, 0.05) is 10.1 Å². The fourth-order valence-electron chi connectivity index (χ4n) is 1.74. The molecule has 0 atom stereocenters. The summed E-state index contributed by atoms with van der Waals surface area (Å²) < 4.78 is 11.7. The van der Waals surface area contributed by atoms with Gasteiger partial charge in [0.25, 0.3) is 5.91 Å². The SMILES string of the molecule is COc1cccc(CNC(=O)COc2cccc(I)c2)c1. The van der Waals surface area contributed by atoms with E-state index < -0.39 is 0 Å². The molecule has 1 N–H and O–H groups in total. The molecule has 2 rings (SSSR count). The molecule has 0 aliphatic carbocycles. The van der Waals surface area contributed by atoms with Gasteiger partial charge in [0.05, 0.1) is 7.11 Å². The minimum Gasteiger partial charge on any atom is -0.497 e. The lowest BCUT2D eigenvalue weighted by Gasteiger charge is -2.08. The lowest BCUT2D eigenvalue weighted by molar-refractivity contribution is -0.123. The quantitative estimate of drug-likeness (QED) is 0.763. The molecule has 0 saturated heterocycles. The van der Waals surface area contributed by atoms with Crippen LogP contribution in [0.25, 0.3) is 0 Å². The van der Waals surface area contributed by atoms with Crippen molar-refractivity contribution in [3.63, 3.8) is 0 Å². The highest BCUT2D eigenvalue weighted by Gasteiger charge is 2.04. The lowest BCUT2D eigenvalue weighted by Crippen LogP contribution is -2.28. The number of ether oxygens (including phenoxy) is 2. The van der Waals surface area contributed by atoms with Crippen LogP contribution >= 0.6 is 22.6 Å². The molecule has 4 nitrogen and oxygen atoms in total. The Morgan fingerprint density at radius 2 is 1.90 bits per heavy atom. The summed E-state index contributed by atoms with van der Waals surface area (Å²) in [6.45, 7) is 0.454. The average molecular weight is 397 g/mol. The molecule has 0 bridgehead atoms. The first kappa shape index (κ1) is 15.6. The van der Waals surface area contributed by atoms with Crippen LogP contribution in [0.15, 0.2) is 48.5 Å². The summed E-state index contributed by atoms with van der Waals surface area (Å²) in [4.78, 5) is 11.8. The third-order valence-electron chi connectivity index (χ3n) is 2.79. The largest absolute Gasteiger partial charge is 0.497 e. The van der Waals surface area contributed by atoms with E-state index in [9.17, 15) is 4.79 Å². The Morgan fingerprint density at radius 1 is 1.14 bits per heavy atom. The number of benzene rings is 2. The maximum absolute atomic E-state index is 11.8. The first-order valence-electron chi connectivity index (χ1n) is 6.45.